The fraction of sp³-hybridized carbons (Fsp3) is 0.579. The van der Waals surface area contributed by atoms with Crippen LogP contribution in [0.4, 0.5) is 5.69 Å². The molecule has 2 rings (SSSR count). The van der Waals surface area contributed by atoms with Gasteiger partial charge in [-0.3, -0.25) is 9.59 Å². The van der Waals surface area contributed by atoms with Gasteiger partial charge in [0.25, 0.3) is 0 Å². The van der Waals surface area contributed by atoms with Crippen LogP contribution in [0.5, 0.6) is 5.75 Å². The Kier molecular flexibility index (Phi) is 10.1. The summed E-state index contributed by atoms with van der Waals surface area (Å²) in [7, 11) is 1.56. The van der Waals surface area contributed by atoms with Crippen LogP contribution in [0, 0.1) is 5.92 Å². The highest BCUT2D eigenvalue weighted by Gasteiger charge is 2.19. The van der Waals surface area contributed by atoms with Gasteiger partial charge in [-0.15, -0.1) is 12.4 Å². The van der Waals surface area contributed by atoms with Crippen LogP contribution in [-0.4, -0.2) is 50.0 Å². The number of nitrogens with zero attached hydrogens (tertiary/aromatic N) is 1. The first kappa shape index (κ1) is 22.3. The molecule has 6 nitrogen and oxygen atoms in total. The Morgan fingerprint density at radius 1 is 1.27 bits per heavy atom. The second-order valence-corrected chi connectivity index (χ2v) is 6.39. The van der Waals surface area contributed by atoms with E-state index in [1.165, 1.54) is 0 Å². The van der Waals surface area contributed by atoms with E-state index in [9.17, 15) is 9.59 Å². The predicted molar refractivity (Wildman–Crippen MR) is 106 cm³/mol. The van der Waals surface area contributed by atoms with Gasteiger partial charge < -0.3 is 20.3 Å². The molecule has 1 heterocycles. The van der Waals surface area contributed by atoms with Crippen molar-refractivity contribution in [2.24, 2.45) is 5.92 Å². The standard InChI is InChI=1S/C19H29N3O3.ClH/c1-3-22(19(24)9-8-15-10-12-20-13-11-15)14-18(23)21-16-6-4-5-7-17(16)25-2;/h4-7,15,20H,3,8-14H2,1-2H3,(H,21,23);1H. The number of amides is 2. The molecule has 1 aromatic rings. The molecule has 7 heteroatoms. The van der Waals surface area contributed by atoms with Crippen LogP contribution in [0.3, 0.4) is 0 Å². The molecule has 1 saturated heterocycles. The lowest BCUT2D eigenvalue weighted by molar-refractivity contribution is -0.134. The van der Waals surface area contributed by atoms with Crippen LogP contribution in [0.1, 0.15) is 32.6 Å². The van der Waals surface area contributed by atoms with Crippen molar-refractivity contribution in [3.05, 3.63) is 24.3 Å². The molecule has 2 N–H and O–H groups in total. The summed E-state index contributed by atoms with van der Waals surface area (Å²) in [5, 5.41) is 6.16. The van der Waals surface area contributed by atoms with Crippen LogP contribution in [0.15, 0.2) is 24.3 Å². The molecule has 0 aromatic heterocycles. The Balaban J connectivity index is 0.00000338. The predicted octanol–water partition coefficient (Wildman–Crippen LogP) is 2.68. The average Bonchev–Trinajstić information content (AvgIpc) is 2.65. The fourth-order valence-corrected chi connectivity index (χ4v) is 3.14. The number of carbonyl (C=O) groups is 2. The average molecular weight is 384 g/mol. The van der Waals surface area contributed by atoms with E-state index in [2.05, 4.69) is 10.6 Å². The maximum atomic E-state index is 12.4. The first-order chi connectivity index (χ1) is 12.1. The lowest BCUT2D eigenvalue weighted by atomic mass is 9.93. The number of halogens is 1. The minimum absolute atomic E-state index is 0. The number of hydrogen-bond donors (Lipinski definition) is 2. The summed E-state index contributed by atoms with van der Waals surface area (Å²) in [6, 6.07) is 7.25. The number of hydrogen-bond acceptors (Lipinski definition) is 4. The molecular formula is C19H30ClN3O3. The molecule has 0 atom stereocenters. The number of carbonyl (C=O) groups excluding carboxylic acids is 2. The largest absolute Gasteiger partial charge is 0.495 e. The molecule has 0 saturated carbocycles. The summed E-state index contributed by atoms with van der Waals surface area (Å²) in [5.74, 6) is 1.07. The third-order valence-corrected chi connectivity index (χ3v) is 4.68. The number of likely N-dealkylation sites (N-methyl/N-ethyl adjacent to an activating group) is 1. The van der Waals surface area contributed by atoms with Crippen molar-refractivity contribution in [3.63, 3.8) is 0 Å². The normalized spacial score (nSPS) is 14.2. The summed E-state index contributed by atoms with van der Waals surface area (Å²) >= 11 is 0. The number of ether oxygens (including phenoxy) is 1. The Bertz CT molecular complexity index is 577. The summed E-state index contributed by atoms with van der Waals surface area (Å²) in [6.07, 6.45) is 3.69. The molecule has 1 aliphatic heterocycles. The highest BCUT2D eigenvalue weighted by Crippen LogP contribution is 2.23. The molecule has 26 heavy (non-hydrogen) atoms. The molecule has 0 spiro atoms. The van der Waals surface area contributed by atoms with Crippen molar-refractivity contribution >= 4 is 29.9 Å². The molecule has 2 amide bonds. The number of para-hydroxylation sites is 2. The lowest BCUT2D eigenvalue weighted by Gasteiger charge is -2.24. The minimum Gasteiger partial charge on any atom is -0.495 e. The molecule has 0 radical (unpaired) electrons. The van der Waals surface area contributed by atoms with Gasteiger partial charge >= 0.3 is 0 Å². The van der Waals surface area contributed by atoms with Gasteiger partial charge in [0.1, 0.15) is 5.75 Å². The van der Waals surface area contributed by atoms with E-state index in [4.69, 9.17) is 4.74 Å². The highest BCUT2D eigenvalue weighted by atomic mass is 35.5. The van der Waals surface area contributed by atoms with Crippen LogP contribution < -0.4 is 15.4 Å². The minimum atomic E-state index is -0.207. The fourth-order valence-electron chi connectivity index (χ4n) is 3.14. The monoisotopic (exact) mass is 383 g/mol. The van der Waals surface area contributed by atoms with Crippen LogP contribution in [0.2, 0.25) is 0 Å². The van der Waals surface area contributed by atoms with Gasteiger partial charge in [0.2, 0.25) is 11.8 Å². The third-order valence-electron chi connectivity index (χ3n) is 4.68. The Morgan fingerprint density at radius 2 is 1.96 bits per heavy atom. The van der Waals surface area contributed by atoms with Crippen LogP contribution >= 0.6 is 12.4 Å². The third kappa shape index (κ3) is 6.84. The maximum Gasteiger partial charge on any atom is 0.244 e. The summed E-state index contributed by atoms with van der Waals surface area (Å²) in [5.41, 5.74) is 0.619. The number of benzene rings is 1. The van der Waals surface area contributed by atoms with Gasteiger partial charge in [-0.25, -0.2) is 0 Å². The van der Waals surface area contributed by atoms with Crippen molar-refractivity contribution in [1.29, 1.82) is 0 Å². The molecule has 1 fully saturated rings. The van der Waals surface area contributed by atoms with E-state index in [-0.39, 0.29) is 30.8 Å². The van der Waals surface area contributed by atoms with Crippen molar-refractivity contribution in [3.8, 4) is 5.75 Å². The van der Waals surface area contributed by atoms with Crippen molar-refractivity contribution in [1.82, 2.24) is 10.2 Å². The van der Waals surface area contributed by atoms with Crippen LogP contribution in [-0.2, 0) is 9.59 Å². The molecule has 146 valence electrons. The number of rotatable bonds is 8. The zero-order valence-corrected chi connectivity index (χ0v) is 16.4. The zero-order valence-electron chi connectivity index (χ0n) is 15.6. The van der Waals surface area contributed by atoms with Gasteiger partial charge in [0.15, 0.2) is 0 Å². The Hall–Kier alpha value is -1.79. The zero-order chi connectivity index (χ0) is 18.1. The Morgan fingerprint density at radius 3 is 2.62 bits per heavy atom. The molecule has 0 unspecified atom stereocenters. The van der Waals surface area contributed by atoms with E-state index in [0.29, 0.717) is 30.3 Å². The first-order valence-corrected chi connectivity index (χ1v) is 9.05. The van der Waals surface area contributed by atoms with E-state index in [0.717, 1.165) is 32.4 Å². The van der Waals surface area contributed by atoms with Gasteiger partial charge in [-0.05, 0) is 57.3 Å². The molecule has 1 aliphatic rings. The van der Waals surface area contributed by atoms with Crippen molar-refractivity contribution < 1.29 is 14.3 Å². The van der Waals surface area contributed by atoms with Crippen molar-refractivity contribution in [2.45, 2.75) is 32.6 Å². The van der Waals surface area contributed by atoms with Gasteiger partial charge in [-0.1, -0.05) is 12.1 Å². The smallest absolute Gasteiger partial charge is 0.244 e. The second-order valence-electron chi connectivity index (χ2n) is 6.39. The van der Waals surface area contributed by atoms with Gasteiger partial charge in [0, 0.05) is 13.0 Å². The molecule has 0 aliphatic carbocycles. The van der Waals surface area contributed by atoms with Crippen LogP contribution in [0.25, 0.3) is 0 Å². The molecule has 0 bridgehead atoms. The second kappa shape index (κ2) is 11.8. The lowest BCUT2D eigenvalue weighted by Crippen LogP contribution is -2.38. The van der Waals surface area contributed by atoms with Gasteiger partial charge in [0.05, 0.1) is 19.3 Å². The number of nitrogens with one attached hydrogen (secondary N) is 2. The quantitative estimate of drug-likeness (QED) is 0.724. The van der Waals surface area contributed by atoms with E-state index < -0.39 is 0 Å². The van der Waals surface area contributed by atoms with E-state index in [1.807, 2.05) is 19.1 Å². The Labute approximate surface area is 162 Å². The SMILES string of the molecule is CCN(CC(=O)Nc1ccccc1OC)C(=O)CCC1CCNCC1.Cl. The number of methoxy groups -OCH3 is 1. The molecular weight excluding hydrogens is 354 g/mol. The number of piperidine rings is 1. The van der Waals surface area contributed by atoms with Gasteiger partial charge in [-0.2, -0.15) is 0 Å². The molecule has 1 aromatic carbocycles. The maximum absolute atomic E-state index is 12.4. The topological polar surface area (TPSA) is 70.7 Å². The summed E-state index contributed by atoms with van der Waals surface area (Å²) in [6.45, 7) is 4.58. The summed E-state index contributed by atoms with van der Waals surface area (Å²) < 4.78 is 5.23. The van der Waals surface area contributed by atoms with Crippen molar-refractivity contribution in [2.75, 3.05) is 38.6 Å². The summed E-state index contributed by atoms with van der Waals surface area (Å²) in [4.78, 5) is 26.3. The number of anilines is 1. The van der Waals surface area contributed by atoms with E-state index >= 15 is 0 Å². The van der Waals surface area contributed by atoms with E-state index in [1.54, 1.807) is 24.1 Å². The first-order valence-electron chi connectivity index (χ1n) is 9.05. The highest BCUT2D eigenvalue weighted by molar-refractivity contribution is 5.95.